The summed E-state index contributed by atoms with van der Waals surface area (Å²) in [5.74, 6) is -0.217. The average molecular weight is 372 g/mol. The lowest BCUT2D eigenvalue weighted by Gasteiger charge is -2.34. The maximum Gasteiger partial charge on any atom is 0.243 e. The predicted octanol–water partition coefficient (Wildman–Crippen LogP) is 2.43. The van der Waals surface area contributed by atoms with Gasteiger partial charge in [-0.1, -0.05) is 60.2 Å². The van der Waals surface area contributed by atoms with Crippen LogP contribution in [0.1, 0.15) is 29.2 Å². The van der Waals surface area contributed by atoms with E-state index >= 15 is 0 Å². The van der Waals surface area contributed by atoms with Crippen LogP contribution in [0.3, 0.4) is 0 Å². The number of benzene rings is 2. The predicted molar refractivity (Wildman–Crippen MR) is 102 cm³/mol. The lowest BCUT2D eigenvalue weighted by atomic mass is 10.0. The minimum atomic E-state index is -3.52. The fraction of sp³-hybridized carbons (Fsp3) is 0.350. The summed E-state index contributed by atoms with van der Waals surface area (Å²) < 4.78 is 27.2. The molecule has 1 N–H and O–H groups in total. The van der Waals surface area contributed by atoms with Gasteiger partial charge in [0.2, 0.25) is 15.9 Å². The Morgan fingerprint density at radius 3 is 2.62 bits per heavy atom. The van der Waals surface area contributed by atoms with Crippen LogP contribution in [0.2, 0.25) is 0 Å². The zero-order valence-corrected chi connectivity index (χ0v) is 15.7. The fourth-order valence-corrected chi connectivity index (χ4v) is 4.98. The third-order valence-electron chi connectivity index (χ3n) is 4.59. The van der Waals surface area contributed by atoms with Crippen LogP contribution >= 0.6 is 0 Å². The molecule has 0 spiro atoms. The van der Waals surface area contributed by atoms with Gasteiger partial charge in [0.15, 0.2) is 0 Å². The van der Waals surface area contributed by atoms with E-state index in [1.165, 1.54) is 4.31 Å². The highest BCUT2D eigenvalue weighted by molar-refractivity contribution is 7.89. The molecule has 0 aromatic heterocycles. The Labute approximate surface area is 155 Å². The first-order valence-electron chi connectivity index (χ1n) is 8.85. The van der Waals surface area contributed by atoms with Crippen molar-refractivity contribution < 1.29 is 13.2 Å². The fourth-order valence-electron chi connectivity index (χ4n) is 3.32. The largest absolute Gasteiger partial charge is 0.353 e. The van der Waals surface area contributed by atoms with Gasteiger partial charge in [0.05, 0.1) is 5.75 Å². The quantitative estimate of drug-likeness (QED) is 0.847. The van der Waals surface area contributed by atoms with Gasteiger partial charge in [-0.15, -0.1) is 0 Å². The normalized spacial score (nSPS) is 18.5. The van der Waals surface area contributed by atoms with Crippen molar-refractivity contribution in [2.45, 2.75) is 25.8 Å². The third-order valence-corrected chi connectivity index (χ3v) is 6.51. The van der Waals surface area contributed by atoms with E-state index < -0.39 is 16.1 Å². The summed E-state index contributed by atoms with van der Waals surface area (Å²) in [5, 5.41) is 2.79. The maximum absolute atomic E-state index is 12.9. The molecule has 2 aromatic carbocycles. The highest BCUT2D eigenvalue weighted by Gasteiger charge is 2.38. The Morgan fingerprint density at radius 2 is 1.88 bits per heavy atom. The summed E-state index contributed by atoms with van der Waals surface area (Å²) in [6, 6.07) is 16.5. The summed E-state index contributed by atoms with van der Waals surface area (Å²) >= 11 is 0. The number of rotatable bonds is 6. The molecule has 1 unspecified atom stereocenters. The lowest BCUT2D eigenvalue weighted by Crippen LogP contribution is -2.52. The Morgan fingerprint density at radius 1 is 1.12 bits per heavy atom. The number of nitrogens with one attached hydrogen (secondary N) is 1. The molecule has 1 aliphatic rings. The molecule has 0 bridgehead atoms. The van der Waals surface area contributed by atoms with Gasteiger partial charge >= 0.3 is 0 Å². The van der Waals surface area contributed by atoms with Crippen LogP contribution in [0, 0.1) is 6.92 Å². The van der Waals surface area contributed by atoms with Crippen LogP contribution in [0.15, 0.2) is 54.6 Å². The van der Waals surface area contributed by atoms with Crippen molar-refractivity contribution in [3.05, 3.63) is 71.3 Å². The summed E-state index contributed by atoms with van der Waals surface area (Å²) in [5.41, 5.74) is 2.84. The molecule has 1 heterocycles. The van der Waals surface area contributed by atoms with E-state index in [1.807, 2.05) is 61.5 Å². The molecule has 2 aromatic rings. The minimum absolute atomic E-state index is 0.0392. The standard InChI is InChI=1S/C20H24N2O3S/c1-16-7-5-11-18(15-16)19-20(23)21-12-13-22(19)26(24,25)14-6-10-17-8-3-2-4-9-17/h2-5,7-9,11,15,19H,6,10,12-14H2,1H3,(H,21,23). The van der Waals surface area contributed by atoms with Crippen LogP contribution in [-0.2, 0) is 21.2 Å². The monoisotopic (exact) mass is 372 g/mol. The molecule has 138 valence electrons. The maximum atomic E-state index is 12.9. The van der Waals surface area contributed by atoms with E-state index in [0.717, 1.165) is 11.1 Å². The van der Waals surface area contributed by atoms with Gasteiger partial charge in [0, 0.05) is 13.1 Å². The first-order chi connectivity index (χ1) is 12.5. The molecule has 0 aliphatic carbocycles. The number of hydrogen-bond acceptors (Lipinski definition) is 3. The van der Waals surface area contributed by atoms with Crippen molar-refractivity contribution in [1.29, 1.82) is 0 Å². The van der Waals surface area contributed by atoms with Gasteiger partial charge in [0.25, 0.3) is 0 Å². The lowest BCUT2D eigenvalue weighted by molar-refractivity contribution is -0.126. The molecule has 1 atom stereocenters. The van der Waals surface area contributed by atoms with Crippen molar-refractivity contribution in [3.63, 3.8) is 0 Å². The highest BCUT2D eigenvalue weighted by Crippen LogP contribution is 2.27. The molecule has 3 rings (SSSR count). The molecule has 0 saturated carbocycles. The summed E-state index contributed by atoms with van der Waals surface area (Å²) in [6.07, 6.45) is 1.24. The first kappa shape index (κ1) is 18.6. The Bertz CT molecular complexity index is 866. The average Bonchev–Trinajstić information content (AvgIpc) is 2.62. The molecule has 0 radical (unpaired) electrons. The zero-order valence-electron chi connectivity index (χ0n) is 14.9. The molecule has 1 amide bonds. The van der Waals surface area contributed by atoms with E-state index in [2.05, 4.69) is 5.32 Å². The molecule has 1 aliphatic heterocycles. The van der Waals surface area contributed by atoms with Crippen LogP contribution in [0.25, 0.3) is 0 Å². The number of carbonyl (C=O) groups excluding carboxylic acids is 1. The number of amides is 1. The molecular formula is C20H24N2O3S. The van der Waals surface area contributed by atoms with E-state index in [1.54, 1.807) is 0 Å². The van der Waals surface area contributed by atoms with Gasteiger partial charge in [-0.2, -0.15) is 4.31 Å². The van der Waals surface area contributed by atoms with Crippen molar-refractivity contribution >= 4 is 15.9 Å². The molecule has 26 heavy (non-hydrogen) atoms. The van der Waals surface area contributed by atoms with Gasteiger partial charge in [0.1, 0.15) is 6.04 Å². The van der Waals surface area contributed by atoms with Gasteiger partial charge in [-0.3, -0.25) is 4.79 Å². The van der Waals surface area contributed by atoms with Crippen LogP contribution in [0.4, 0.5) is 0 Å². The molecule has 5 nitrogen and oxygen atoms in total. The highest BCUT2D eigenvalue weighted by atomic mass is 32.2. The van der Waals surface area contributed by atoms with Crippen LogP contribution in [-0.4, -0.2) is 37.5 Å². The second-order valence-corrected chi connectivity index (χ2v) is 8.66. The summed E-state index contributed by atoms with van der Waals surface area (Å²) in [6.45, 7) is 2.58. The molecule has 1 saturated heterocycles. The van der Waals surface area contributed by atoms with E-state index in [-0.39, 0.29) is 11.7 Å². The molecular weight excluding hydrogens is 348 g/mol. The summed E-state index contributed by atoms with van der Waals surface area (Å²) in [4.78, 5) is 12.4. The van der Waals surface area contributed by atoms with Crippen LogP contribution < -0.4 is 5.32 Å². The molecule has 1 fully saturated rings. The van der Waals surface area contributed by atoms with E-state index in [0.29, 0.717) is 31.5 Å². The zero-order chi connectivity index (χ0) is 18.6. The van der Waals surface area contributed by atoms with Gasteiger partial charge in [-0.05, 0) is 30.9 Å². The van der Waals surface area contributed by atoms with E-state index in [4.69, 9.17) is 0 Å². The number of carbonyl (C=O) groups is 1. The number of piperazine rings is 1. The SMILES string of the molecule is Cc1cccc(C2C(=O)NCCN2S(=O)(=O)CCCc2ccccc2)c1. The smallest absolute Gasteiger partial charge is 0.243 e. The second kappa shape index (κ2) is 8.01. The Hall–Kier alpha value is -2.18. The number of sulfonamides is 1. The third kappa shape index (κ3) is 4.31. The van der Waals surface area contributed by atoms with Gasteiger partial charge in [-0.25, -0.2) is 8.42 Å². The van der Waals surface area contributed by atoms with Crippen molar-refractivity contribution in [1.82, 2.24) is 9.62 Å². The number of nitrogens with zero attached hydrogens (tertiary/aromatic N) is 1. The van der Waals surface area contributed by atoms with Crippen LogP contribution in [0.5, 0.6) is 0 Å². The van der Waals surface area contributed by atoms with Crippen molar-refractivity contribution in [2.75, 3.05) is 18.8 Å². The van der Waals surface area contributed by atoms with E-state index in [9.17, 15) is 13.2 Å². The number of aryl methyl sites for hydroxylation is 2. The molecule has 6 heteroatoms. The minimum Gasteiger partial charge on any atom is -0.353 e. The summed E-state index contributed by atoms with van der Waals surface area (Å²) in [7, 11) is -3.52. The first-order valence-corrected chi connectivity index (χ1v) is 10.5. The second-order valence-electron chi connectivity index (χ2n) is 6.62. The van der Waals surface area contributed by atoms with Crippen molar-refractivity contribution in [2.24, 2.45) is 0 Å². The van der Waals surface area contributed by atoms with Crippen molar-refractivity contribution in [3.8, 4) is 0 Å². The topological polar surface area (TPSA) is 66.5 Å². The number of hydrogen-bond donors (Lipinski definition) is 1. The Kier molecular flexibility index (Phi) is 5.74. The Balaban J connectivity index is 1.76. The van der Waals surface area contributed by atoms with Gasteiger partial charge < -0.3 is 5.32 Å².